The third kappa shape index (κ3) is 3.43. The number of alkyl halides is 2. The topological polar surface area (TPSA) is 34.1 Å². The van der Waals surface area contributed by atoms with Crippen LogP contribution in [0.15, 0.2) is 44.4 Å². The zero-order valence-electron chi connectivity index (χ0n) is 11.3. The Bertz CT molecular complexity index is 584. The van der Waals surface area contributed by atoms with Crippen LogP contribution in [0, 0.1) is 5.41 Å². The lowest BCUT2D eigenvalue weighted by Gasteiger charge is -2.32. The van der Waals surface area contributed by atoms with Gasteiger partial charge in [-0.3, -0.25) is 9.59 Å². The highest BCUT2D eigenvalue weighted by atomic mass is 79.9. The van der Waals surface area contributed by atoms with E-state index in [0.717, 1.165) is 11.1 Å². The summed E-state index contributed by atoms with van der Waals surface area (Å²) in [6.45, 7) is 4.15. The van der Waals surface area contributed by atoms with Crippen LogP contribution in [0.3, 0.4) is 0 Å². The van der Waals surface area contributed by atoms with Gasteiger partial charge in [-0.25, -0.2) is 0 Å². The molecular weight excluding hydrogens is 532 g/mol. The average Bonchev–Trinajstić information content (AvgIpc) is 2.40. The number of halogens is 4. The number of hydrogen-bond donors (Lipinski definition) is 0. The summed E-state index contributed by atoms with van der Waals surface area (Å²) in [4.78, 5) is 23.0. The zero-order chi connectivity index (χ0) is 15.9. The predicted octanol–water partition coefficient (Wildman–Crippen LogP) is 5.12. The molecule has 0 heterocycles. The van der Waals surface area contributed by atoms with Crippen LogP contribution in [0.25, 0.3) is 0 Å². The van der Waals surface area contributed by atoms with E-state index in [2.05, 4.69) is 77.6 Å². The van der Waals surface area contributed by atoms with Crippen molar-refractivity contribution in [3.05, 3.63) is 44.4 Å². The van der Waals surface area contributed by atoms with Gasteiger partial charge in [0.25, 0.3) is 0 Å². The van der Waals surface area contributed by atoms with Gasteiger partial charge >= 0.3 is 0 Å². The van der Waals surface area contributed by atoms with E-state index in [1.54, 1.807) is 0 Å². The molecule has 0 amide bonds. The van der Waals surface area contributed by atoms with E-state index in [1.807, 2.05) is 24.3 Å². The van der Waals surface area contributed by atoms with Gasteiger partial charge in [0.15, 0.2) is 11.6 Å². The van der Waals surface area contributed by atoms with Gasteiger partial charge in [0.05, 0.1) is 18.6 Å². The van der Waals surface area contributed by atoms with Gasteiger partial charge in [-0.2, -0.15) is 0 Å². The Morgan fingerprint density at radius 1 is 0.857 bits per heavy atom. The number of rotatable bonds is 2. The Morgan fingerprint density at radius 2 is 1.19 bits per heavy atom. The zero-order valence-corrected chi connectivity index (χ0v) is 17.6. The molecule has 2 nitrogen and oxygen atoms in total. The number of carbonyl (C=O) groups is 2. The highest BCUT2D eigenvalue weighted by Crippen LogP contribution is 2.43. The smallest absolute Gasteiger partial charge is 0.187 e. The Labute approximate surface area is 157 Å². The molecule has 2 aliphatic rings. The molecule has 0 bridgehead atoms. The summed E-state index contributed by atoms with van der Waals surface area (Å²) >= 11 is 13.4. The van der Waals surface area contributed by atoms with Gasteiger partial charge < -0.3 is 0 Å². The van der Waals surface area contributed by atoms with Gasteiger partial charge in [-0.15, -0.1) is 0 Å². The monoisotopic (exact) mass is 540 g/mol. The van der Waals surface area contributed by atoms with E-state index in [0.29, 0.717) is 8.96 Å². The molecule has 2 atom stereocenters. The minimum Gasteiger partial charge on any atom is -0.292 e. The van der Waals surface area contributed by atoms with Crippen molar-refractivity contribution >= 4 is 75.3 Å². The van der Waals surface area contributed by atoms with Crippen LogP contribution in [-0.4, -0.2) is 21.2 Å². The Morgan fingerprint density at radius 3 is 1.48 bits per heavy atom. The third-order valence-electron chi connectivity index (χ3n) is 3.63. The van der Waals surface area contributed by atoms with Crippen molar-refractivity contribution in [2.75, 3.05) is 0 Å². The van der Waals surface area contributed by atoms with Crippen molar-refractivity contribution in [3.8, 4) is 0 Å². The Balaban J connectivity index is 2.44. The quantitative estimate of drug-likeness (QED) is 0.454. The summed E-state index contributed by atoms with van der Waals surface area (Å²) in [5.41, 5.74) is 1.72. The van der Waals surface area contributed by atoms with Crippen LogP contribution in [0.1, 0.15) is 13.8 Å². The average molecular weight is 544 g/mol. The minimum atomic E-state index is -0.329. The first kappa shape index (κ1) is 17.6. The lowest BCUT2D eigenvalue weighted by molar-refractivity contribution is -0.114. The fourth-order valence-electron chi connectivity index (χ4n) is 2.19. The number of ketones is 2. The van der Waals surface area contributed by atoms with Crippen LogP contribution < -0.4 is 0 Å². The van der Waals surface area contributed by atoms with E-state index in [9.17, 15) is 9.59 Å². The summed E-state index contributed by atoms with van der Waals surface area (Å²) in [5, 5.41) is 0. The maximum absolute atomic E-state index is 11.8. The molecule has 0 saturated heterocycles. The van der Waals surface area contributed by atoms with Crippen LogP contribution in [0.4, 0.5) is 0 Å². The molecule has 0 aromatic carbocycles. The second-order valence-electron chi connectivity index (χ2n) is 5.39. The minimum absolute atomic E-state index is 0.0115. The molecule has 2 aliphatic carbocycles. The lowest BCUT2D eigenvalue weighted by atomic mass is 9.74. The summed E-state index contributed by atoms with van der Waals surface area (Å²) in [6, 6.07) is 0. The largest absolute Gasteiger partial charge is 0.292 e. The first-order chi connectivity index (χ1) is 9.64. The molecule has 0 aromatic rings. The molecule has 0 fully saturated rings. The van der Waals surface area contributed by atoms with Crippen molar-refractivity contribution in [3.63, 3.8) is 0 Å². The van der Waals surface area contributed by atoms with E-state index in [4.69, 9.17) is 0 Å². The molecule has 0 radical (unpaired) electrons. The molecule has 0 spiro atoms. The predicted molar refractivity (Wildman–Crippen MR) is 99.4 cm³/mol. The van der Waals surface area contributed by atoms with Gasteiger partial charge in [0.2, 0.25) is 0 Å². The van der Waals surface area contributed by atoms with Crippen molar-refractivity contribution in [2.24, 2.45) is 5.41 Å². The molecule has 0 aliphatic heterocycles. The molecular formula is C15H12Br4O2. The second-order valence-corrected chi connectivity index (χ2v) is 9.07. The van der Waals surface area contributed by atoms with E-state index in [-0.39, 0.29) is 26.6 Å². The van der Waals surface area contributed by atoms with Crippen molar-refractivity contribution < 1.29 is 9.59 Å². The number of hydrogen-bond acceptors (Lipinski definition) is 2. The molecule has 0 saturated carbocycles. The summed E-state index contributed by atoms with van der Waals surface area (Å²) in [7, 11) is 0. The highest BCUT2D eigenvalue weighted by molar-refractivity contribution is 9.12. The number of carbonyl (C=O) groups excluding carboxylic acids is 2. The molecule has 21 heavy (non-hydrogen) atoms. The summed E-state index contributed by atoms with van der Waals surface area (Å²) < 4.78 is 1.11. The van der Waals surface area contributed by atoms with Crippen LogP contribution in [-0.2, 0) is 9.59 Å². The van der Waals surface area contributed by atoms with E-state index < -0.39 is 0 Å². The van der Waals surface area contributed by atoms with Crippen molar-refractivity contribution in [2.45, 2.75) is 23.5 Å². The van der Waals surface area contributed by atoms with Crippen LogP contribution in [0.5, 0.6) is 0 Å². The normalized spacial score (nSPS) is 27.0. The fourth-order valence-corrected chi connectivity index (χ4v) is 4.85. The van der Waals surface area contributed by atoms with Gasteiger partial charge in [0, 0.05) is 5.41 Å². The van der Waals surface area contributed by atoms with Crippen LogP contribution in [0.2, 0.25) is 0 Å². The second kappa shape index (κ2) is 6.38. The molecule has 2 rings (SSSR count). The molecule has 2 unspecified atom stereocenters. The van der Waals surface area contributed by atoms with Crippen LogP contribution >= 0.6 is 63.7 Å². The number of allylic oxidation sites excluding steroid dienone is 8. The van der Waals surface area contributed by atoms with Crippen molar-refractivity contribution in [1.82, 2.24) is 0 Å². The first-order valence-electron chi connectivity index (χ1n) is 6.20. The molecule has 0 N–H and O–H groups in total. The number of Topliss-reactive ketones (excluding diaryl/α,β-unsaturated/α-hetero) is 2. The van der Waals surface area contributed by atoms with Gasteiger partial charge in [-0.1, -0.05) is 57.9 Å². The first-order valence-corrected chi connectivity index (χ1v) is 9.62. The van der Waals surface area contributed by atoms with Gasteiger partial charge in [-0.05, 0) is 55.2 Å². The van der Waals surface area contributed by atoms with Crippen molar-refractivity contribution in [1.29, 1.82) is 0 Å². The fraction of sp³-hybridized carbons (Fsp3) is 0.333. The SMILES string of the molecule is CC(C)(C1=CC(Br)C(=O)C(Br)=C1)C1=CC(Br)C(=O)C(Br)=C1. The molecule has 0 aromatic heterocycles. The molecule has 112 valence electrons. The van der Waals surface area contributed by atoms with Gasteiger partial charge in [0.1, 0.15) is 0 Å². The van der Waals surface area contributed by atoms with E-state index in [1.165, 1.54) is 0 Å². The molecule has 6 heteroatoms. The Hall–Kier alpha value is 0.220. The standard InChI is InChI=1S/C15H12Br4O2/c1-15(2,7-3-9(16)13(20)10(17)4-7)8-5-11(18)14(21)12(19)6-8/h3-6,9,11H,1-2H3. The summed E-state index contributed by atoms with van der Waals surface area (Å²) in [6.07, 6.45) is 7.52. The summed E-state index contributed by atoms with van der Waals surface area (Å²) in [5.74, 6) is 0.0230. The third-order valence-corrected chi connectivity index (χ3v) is 6.23. The maximum atomic E-state index is 11.8. The highest BCUT2D eigenvalue weighted by Gasteiger charge is 2.34. The lowest BCUT2D eigenvalue weighted by Crippen LogP contribution is -2.26. The van der Waals surface area contributed by atoms with E-state index >= 15 is 0 Å². The Kier molecular flexibility index (Phi) is 5.34. The maximum Gasteiger partial charge on any atom is 0.187 e.